The van der Waals surface area contributed by atoms with Crippen molar-refractivity contribution in [3.63, 3.8) is 0 Å². The summed E-state index contributed by atoms with van der Waals surface area (Å²) in [6.07, 6.45) is 3.24. The van der Waals surface area contributed by atoms with Crippen LogP contribution in [0.3, 0.4) is 0 Å². The zero-order chi connectivity index (χ0) is 10.8. The number of aromatic nitrogens is 2. The van der Waals surface area contributed by atoms with E-state index in [4.69, 9.17) is 9.63 Å². The summed E-state index contributed by atoms with van der Waals surface area (Å²) < 4.78 is 4.73. The quantitative estimate of drug-likeness (QED) is 0.806. The van der Waals surface area contributed by atoms with Crippen molar-refractivity contribution in [2.24, 2.45) is 0 Å². The maximum atomic E-state index is 10.7. The third-order valence-electron chi connectivity index (χ3n) is 2.05. The van der Waals surface area contributed by atoms with Crippen molar-refractivity contribution < 1.29 is 14.4 Å². The fraction of sp³-hybridized carbons (Fsp3) is 0.100. The molecule has 0 unspecified atom stereocenters. The lowest BCUT2D eigenvalue weighted by atomic mass is 10.1. The van der Waals surface area contributed by atoms with Gasteiger partial charge in [-0.2, -0.15) is 0 Å². The third-order valence-corrected chi connectivity index (χ3v) is 2.05. The highest BCUT2D eigenvalue weighted by Gasteiger charge is 2.18. The van der Waals surface area contributed by atoms with E-state index in [0.29, 0.717) is 11.3 Å². The van der Waals surface area contributed by atoms with Crippen molar-refractivity contribution in [1.82, 2.24) is 10.1 Å². The van der Waals surface area contributed by atoms with Crippen LogP contribution >= 0.6 is 0 Å². The van der Waals surface area contributed by atoms with Crippen LogP contribution in [0.15, 0.2) is 29.0 Å². The summed E-state index contributed by atoms with van der Waals surface area (Å²) in [4.78, 5) is 14.6. The Kier molecular flexibility index (Phi) is 2.21. The largest absolute Gasteiger partial charge is 0.475 e. The van der Waals surface area contributed by atoms with Gasteiger partial charge < -0.3 is 9.63 Å². The van der Waals surface area contributed by atoms with Gasteiger partial charge in [0, 0.05) is 23.5 Å². The first-order valence-electron chi connectivity index (χ1n) is 4.30. The second kappa shape index (κ2) is 3.53. The number of nitrogens with zero attached hydrogens (tertiary/aromatic N) is 2. The van der Waals surface area contributed by atoms with Crippen molar-refractivity contribution >= 4 is 5.97 Å². The van der Waals surface area contributed by atoms with Crippen molar-refractivity contribution in [2.75, 3.05) is 0 Å². The van der Waals surface area contributed by atoms with Crippen LogP contribution in [0.2, 0.25) is 0 Å². The highest BCUT2D eigenvalue weighted by molar-refractivity contribution is 5.88. The van der Waals surface area contributed by atoms with Crippen LogP contribution in [-0.2, 0) is 0 Å². The van der Waals surface area contributed by atoms with E-state index in [1.807, 2.05) is 0 Å². The lowest BCUT2D eigenvalue weighted by Gasteiger charge is -1.94. The Hall–Kier alpha value is -2.17. The maximum absolute atomic E-state index is 10.7. The molecule has 0 radical (unpaired) electrons. The Morgan fingerprint density at radius 2 is 2.33 bits per heavy atom. The second-order valence-electron chi connectivity index (χ2n) is 3.03. The van der Waals surface area contributed by atoms with Crippen LogP contribution in [0, 0.1) is 6.92 Å². The molecule has 15 heavy (non-hydrogen) atoms. The Labute approximate surface area is 85.4 Å². The fourth-order valence-corrected chi connectivity index (χ4v) is 1.31. The predicted octanol–water partition coefficient (Wildman–Crippen LogP) is 1.74. The highest BCUT2D eigenvalue weighted by atomic mass is 16.5. The van der Waals surface area contributed by atoms with Crippen molar-refractivity contribution in [2.45, 2.75) is 6.92 Å². The van der Waals surface area contributed by atoms with Crippen molar-refractivity contribution in [3.8, 4) is 11.3 Å². The molecule has 5 heteroatoms. The first-order valence-corrected chi connectivity index (χ1v) is 4.30. The highest BCUT2D eigenvalue weighted by Crippen LogP contribution is 2.23. The lowest BCUT2D eigenvalue weighted by Crippen LogP contribution is -1.95. The topological polar surface area (TPSA) is 76.2 Å². The molecule has 0 amide bonds. The van der Waals surface area contributed by atoms with Gasteiger partial charge in [0.15, 0.2) is 0 Å². The van der Waals surface area contributed by atoms with Gasteiger partial charge in [0.25, 0.3) is 0 Å². The predicted molar refractivity (Wildman–Crippen MR) is 51.4 cm³/mol. The van der Waals surface area contributed by atoms with Gasteiger partial charge in [-0.25, -0.2) is 4.79 Å². The van der Waals surface area contributed by atoms with Crippen LogP contribution in [0.5, 0.6) is 0 Å². The molecule has 2 heterocycles. The monoisotopic (exact) mass is 204 g/mol. The van der Waals surface area contributed by atoms with Crippen molar-refractivity contribution in [3.05, 3.63) is 35.9 Å². The summed E-state index contributed by atoms with van der Waals surface area (Å²) >= 11 is 0. The number of rotatable bonds is 2. The molecule has 0 bridgehead atoms. The van der Waals surface area contributed by atoms with Gasteiger partial charge in [0.1, 0.15) is 5.69 Å². The molecular formula is C10H8N2O3. The molecule has 0 spiro atoms. The molecule has 76 valence electrons. The molecule has 0 saturated carbocycles. The summed E-state index contributed by atoms with van der Waals surface area (Å²) in [7, 11) is 0. The molecule has 2 aromatic rings. The van der Waals surface area contributed by atoms with Crippen LogP contribution in [0.25, 0.3) is 11.3 Å². The minimum Gasteiger partial charge on any atom is -0.475 e. The average Bonchev–Trinajstić information content (AvgIpc) is 2.61. The van der Waals surface area contributed by atoms with Gasteiger partial charge in [-0.3, -0.25) is 4.98 Å². The molecule has 0 saturated heterocycles. The van der Waals surface area contributed by atoms with E-state index in [1.165, 1.54) is 0 Å². The van der Waals surface area contributed by atoms with Gasteiger partial charge >= 0.3 is 5.97 Å². The van der Waals surface area contributed by atoms with Crippen LogP contribution < -0.4 is 0 Å². The van der Waals surface area contributed by atoms with E-state index in [1.54, 1.807) is 31.5 Å². The summed E-state index contributed by atoms with van der Waals surface area (Å²) in [5.74, 6) is -1.25. The molecule has 1 N–H and O–H groups in total. The number of hydrogen-bond donors (Lipinski definition) is 1. The fourth-order valence-electron chi connectivity index (χ4n) is 1.31. The van der Waals surface area contributed by atoms with E-state index in [-0.39, 0.29) is 5.76 Å². The molecule has 2 rings (SSSR count). The third kappa shape index (κ3) is 1.59. The van der Waals surface area contributed by atoms with E-state index in [0.717, 1.165) is 5.56 Å². The number of pyridine rings is 1. The standard InChI is InChI=1S/C10H8N2O3/c1-6-8(7-3-2-4-11-5-7)12-15-9(6)10(13)14/h2-5H,1H3,(H,13,14). The number of carbonyl (C=O) groups is 1. The zero-order valence-electron chi connectivity index (χ0n) is 7.97. The van der Waals surface area contributed by atoms with Gasteiger partial charge in [0.05, 0.1) is 0 Å². The van der Waals surface area contributed by atoms with Crippen LogP contribution in [0.4, 0.5) is 0 Å². The lowest BCUT2D eigenvalue weighted by molar-refractivity contribution is 0.0651. The molecule has 0 fully saturated rings. The molecule has 5 nitrogen and oxygen atoms in total. The smallest absolute Gasteiger partial charge is 0.375 e. The Morgan fingerprint density at radius 3 is 2.87 bits per heavy atom. The van der Waals surface area contributed by atoms with Crippen LogP contribution in [-0.4, -0.2) is 21.2 Å². The number of aromatic carboxylic acids is 1. The minimum absolute atomic E-state index is 0.131. The Balaban J connectivity index is 2.52. The molecule has 2 aromatic heterocycles. The first kappa shape index (κ1) is 9.39. The van der Waals surface area contributed by atoms with E-state index in [2.05, 4.69) is 10.1 Å². The molecule has 0 aliphatic carbocycles. The van der Waals surface area contributed by atoms with E-state index < -0.39 is 5.97 Å². The molecule has 0 aromatic carbocycles. The van der Waals surface area contributed by atoms with Gasteiger partial charge in [0.2, 0.25) is 5.76 Å². The summed E-state index contributed by atoms with van der Waals surface area (Å²) in [5, 5.41) is 12.5. The second-order valence-corrected chi connectivity index (χ2v) is 3.03. The number of hydrogen-bond acceptors (Lipinski definition) is 4. The van der Waals surface area contributed by atoms with Crippen molar-refractivity contribution in [1.29, 1.82) is 0 Å². The van der Waals surface area contributed by atoms with E-state index >= 15 is 0 Å². The Morgan fingerprint density at radius 1 is 1.53 bits per heavy atom. The minimum atomic E-state index is -1.12. The Bertz CT molecular complexity index is 491. The maximum Gasteiger partial charge on any atom is 0.375 e. The number of carboxylic acids is 1. The SMILES string of the molecule is Cc1c(-c2cccnc2)noc1C(=O)O. The number of carboxylic acid groups (broad SMARTS) is 1. The molecule has 0 aliphatic rings. The van der Waals surface area contributed by atoms with Gasteiger partial charge in [-0.05, 0) is 19.1 Å². The normalized spacial score (nSPS) is 10.2. The van der Waals surface area contributed by atoms with Gasteiger partial charge in [-0.1, -0.05) is 5.16 Å². The summed E-state index contributed by atoms with van der Waals surface area (Å²) in [5.41, 5.74) is 1.77. The average molecular weight is 204 g/mol. The summed E-state index contributed by atoms with van der Waals surface area (Å²) in [6.45, 7) is 1.66. The summed E-state index contributed by atoms with van der Waals surface area (Å²) in [6, 6.07) is 3.55. The molecule has 0 atom stereocenters. The zero-order valence-corrected chi connectivity index (χ0v) is 7.97. The first-order chi connectivity index (χ1) is 7.20. The van der Waals surface area contributed by atoms with Gasteiger partial charge in [-0.15, -0.1) is 0 Å². The molecular weight excluding hydrogens is 196 g/mol. The van der Waals surface area contributed by atoms with Crippen LogP contribution in [0.1, 0.15) is 16.1 Å². The van der Waals surface area contributed by atoms with E-state index in [9.17, 15) is 4.79 Å². The molecule has 0 aliphatic heterocycles.